The van der Waals surface area contributed by atoms with Crippen molar-refractivity contribution in [2.24, 2.45) is 0 Å². The molecule has 1 unspecified atom stereocenters. The molecule has 1 aromatic rings. The highest BCUT2D eigenvalue weighted by atomic mass is 16.5. The van der Waals surface area contributed by atoms with E-state index in [4.69, 9.17) is 4.74 Å². The number of aliphatic hydroxyl groups excluding tert-OH is 1. The van der Waals surface area contributed by atoms with E-state index >= 15 is 0 Å². The normalized spacial score (nSPS) is 13.1. The van der Waals surface area contributed by atoms with Crippen LogP contribution in [0.15, 0.2) is 6.07 Å². The summed E-state index contributed by atoms with van der Waals surface area (Å²) in [6, 6.07) is 1.88. The number of aliphatic hydroxyl groups is 1. The number of rotatable bonds is 5. The average Bonchev–Trinajstić information content (AvgIpc) is 2.25. The second-order valence-corrected chi connectivity index (χ2v) is 4.14. The van der Waals surface area contributed by atoms with Crippen LogP contribution >= 0.6 is 0 Å². The third-order valence-electron chi connectivity index (χ3n) is 2.31. The molecule has 4 nitrogen and oxygen atoms in total. The zero-order chi connectivity index (χ0) is 12.1. The monoisotopic (exact) mass is 224 g/mol. The van der Waals surface area contributed by atoms with Gasteiger partial charge in [0.25, 0.3) is 0 Å². The first kappa shape index (κ1) is 13.1. The van der Waals surface area contributed by atoms with Gasteiger partial charge < -0.3 is 9.84 Å². The predicted molar refractivity (Wildman–Crippen MR) is 62.2 cm³/mol. The van der Waals surface area contributed by atoms with Crippen LogP contribution in [0.25, 0.3) is 0 Å². The Hall–Kier alpha value is -1.00. The largest absolute Gasteiger partial charge is 0.386 e. The predicted octanol–water partition coefficient (Wildman–Crippen LogP) is 1.81. The maximum Gasteiger partial charge on any atom is 0.104 e. The van der Waals surface area contributed by atoms with Crippen molar-refractivity contribution in [3.63, 3.8) is 0 Å². The summed E-state index contributed by atoms with van der Waals surface area (Å²) in [5.41, 5.74) is 2.48. The van der Waals surface area contributed by atoms with Crippen molar-refractivity contribution in [1.82, 2.24) is 10.2 Å². The van der Waals surface area contributed by atoms with Gasteiger partial charge in [0.1, 0.15) is 6.10 Å². The summed E-state index contributed by atoms with van der Waals surface area (Å²) in [6.07, 6.45) is 0.267. The van der Waals surface area contributed by atoms with E-state index in [1.54, 1.807) is 0 Å². The van der Waals surface area contributed by atoms with Crippen molar-refractivity contribution in [2.45, 2.75) is 46.3 Å². The fourth-order valence-electron chi connectivity index (χ4n) is 1.47. The Morgan fingerprint density at radius 3 is 2.62 bits per heavy atom. The van der Waals surface area contributed by atoms with Gasteiger partial charge in [0, 0.05) is 5.56 Å². The fraction of sp³-hybridized carbons (Fsp3) is 0.667. The van der Waals surface area contributed by atoms with E-state index in [9.17, 15) is 5.11 Å². The minimum absolute atomic E-state index is 0.121. The molecule has 1 rings (SSSR count). The molecular weight excluding hydrogens is 204 g/mol. The minimum atomic E-state index is -0.619. The fourth-order valence-corrected chi connectivity index (χ4v) is 1.47. The molecular formula is C12H20N2O2. The molecule has 0 fully saturated rings. The highest BCUT2D eigenvalue weighted by Crippen LogP contribution is 2.18. The molecule has 0 aliphatic heterocycles. The van der Waals surface area contributed by atoms with Gasteiger partial charge in [-0.3, -0.25) is 0 Å². The lowest BCUT2D eigenvalue weighted by Crippen LogP contribution is -2.14. The number of nitrogens with zero attached hydrogens (tertiary/aromatic N) is 2. The minimum Gasteiger partial charge on any atom is -0.386 e. The molecule has 0 aromatic carbocycles. The van der Waals surface area contributed by atoms with Gasteiger partial charge in [0.15, 0.2) is 0 Å². The quantitative estimate of drug-likeness (QED) is 0.828. The smallest absolute Gasteiger partial charge is 0.104 e. The Bertz CT molecular complexity index is 340. The second kappa shape index (κ2) is 5.92. The average molecular weight is 224 g/mol. The van der Waals surface area contributed by atoms with E-state index in [0.717, 1.165) is 23.4 Å². The first-order valence-electron chi connectivity index (χ1n) is 5.67. The lowest BCUT2D eigenvalue weighted by molar-refractivity contribution is 0.00436. The van der Waals surface area contributed by atoms with E-state index in [0.29, 0.717) is 6.61 Å². The van der Waals surface area contributed by atoms with Crippen LogP contribution in [0.2, 0.25) is 0 Å². The zero-order valence-corrected chi connectivity index (χ0v) is 10.4. The van der Waals surface area contributed by atoms with E-state index in [-0.39, 0.29) is 6.10 Å². The SMILES string of the molecule is CCc1nnc(C)cc1C(O)COC(C)C. The van der Waals surface area contributed by atoms with Crippen LogP contribution in [-0.4, -0.2) is 28.0 Å². The van der Waals surface area contributed by atoms with Crippen molar-refractivity contribution < 1.29 is 9.84 Å². The molecule has 0 amide bonds. The van der Waals surface area contributed by atoms with Crippen molar-refractivity contribution in [1.29, 1.82) is 0 Å². The summed E-state index contributed by atoms with van der Waals surface area (Å²) in [4.78, 5) is 0. The van der Waals surface area contributed by atoms with Gasteiger partial charge >= 0.3 is 0 Å². The molecule has 1 aromatic heterocycles. The molecule has 1 atom stereocenters. The number of hydrogen-bond donors (Lipinski definition) is 1. The van der Waals surface area contributed by atoms with E-state index < -0.39 is 6.10 Å². The Morgan fingerprint density at radius 1 is 1.38 bits per heavy atom. The Kier molecular flexibility index (Phi) is 4.83. The topological polar surface area (TPSA) is 55.2 Å². The van der Waals surface area contributed by atoms with Gasteiger partial charge in [-0.1, -0.05) is 6.92 Å². The van der Waals surface area contributed by atoms with Crippen LogP contribution in [0.1, 0.15) is 43.8 Å². The van der Waals surface area contributed by atoms with Crippen molar-refractivity contribution in [3.05, 3.63) is 23.0 Å². The van der Waals surface area contributed by atoms with Crippen molar-refractivity contribution >= 4 is 0 Å². The lowest BCUT2D eigenvalue weighted by Gasteiger charge is -2.16. The molecule has 0 aliphatic rings. The Labute approximate surface area is 96.7 Å². The van der Waals surface area contributed by atoms with Crippen molar-refractivity contribution in [3.8, 4) is 0 Å². The number of hydrogen-bond acceptors (Lipinski definition) is 4. The first-order valence-corrected chi connectivity index (χ1v) is 5.67. The molecule has 0 bridgehead atoms. The van der Waals surface area contributed by atoms with Gasteiger partial charge in [-0.15, -0.1) is 0 Å². The summed E-state index contributed by atoms with van der Waals surface area (Å²) in [5.74, 6) is 0. The molecule has 1 heterocycles. The molecule has 0 saturated carbocycles. The second-order valence-electron chi connectivity index (χ2n) is 4.14. The van der Waals surface area contributed by atoms with Gasteiger partial charge in [-0.25, -0.2) is 0 Å². The third-order valence-corrected chi connectivity index (χ3v) is 2.31. The van der Waals surface area contributed by atoms with E-state index in [1.807, 2.05) is 33.8 Å². The molecule has 0 spiro atoms. The van der Waals surface area contributed by atoms with E-state index in [2.05, 4.69) is 10.2 Å². The molecule has 0 radical (unpaired) electrons. The third kappa shape index (κ3) is 3.54. The Balaban J connectivity index is 2.80. The molecule has 0 aliphatic carbocycles. The van der Waals surface area contributed by atoms with Crippen LogP contribution in [0.5, 0.6) is 0 Å². The summed E-state index contributed by atoms with van der Waals surface area (Å²) >= 11 is 0. The first-order chi connectivity index (χ1) is 7.54. The van der Waals surface area contributed by atoms with Crippen LogP contribution in [0.4, 0.5) is 0 Å². The maximum atomic E-state index is 10.0. The summed E-state index contributed by atoms with van der Waals surface area (Å²) in [7, 11) is 0. The van der Waals surface area contributed by atoms with Crippen LogP contribution < -0.4 is 0 Å². The molecule has 1 N–H and O–H groups in total. The van der Waals surface area contributed by atoms with E-state index in [1.165, 1.54) is 0 Å². The van der Waals surface area contributed by atoms with Gasteiger partial charge in [-0.05, 0) is 33.3 Å². The number of aromatic nitrogens is 2. The number of ether oxygens (including phenoxy) is 1. The van der Waals surface area contributed by atoms with Gasteiger partial charge in [0.05, 0.1) is 24.1 Å². The lowest BCUT2D eigenvalue weighted by atomic mass is 10.1. The zero-order valence-electron chi connectivity index (χ0n) is 10.4. The van der Waals surface area contributed by atoms with Crippen LogP contribution in [0.3, 0.4) is 0 Å². The summed E-state index contributed by atoms with van der Waals surface area (Å²) < 4.78 is 5.40. The standard InChI is InChI=1S/C12H20N2O2/c1-5-11-10(6-9(4)13-14-11)12(15)7-16-8(2)3/h6,8,12,15H,5,7H2,1-4H3. The highest BCUT2D eigenvalue weighted by molar-refractivity contribution is 5.23. The van der Waals surface area contributed by atoms with Crippen LogP contribution in [0, 0.1) is 6.92 Å². The Morgan fingerprint density at radius 2 is 2.06 bits per heavy atom. The summed E-state index contributed by atoms with van der Waals surface area (Å²) in [6.45, 7) is 8.06. The molecule has 16 heavy (non-hydrogen) atoms. The maximum absolute atomic E-state index is 10.0. The molecule has 90 valence electrons. The number of aryl methyl sites for hydroxylation is 2. The molecule has 4 heteroatoms. The molecule has 0 saturated heterocycles. The van der Waals surface area contributed by atoms with Crippen molar-refractivity contribution in [2.75, 3.05) is 6.61 Å². The van der Waals surface area contributed by atoms with Gasteiger partial charge in [-0.2, -0.15) is 10.2 Å². The van der Waals surface area contributed by atoms with Gasteiger partial charge in [0.2, 0.25) is 0 Å². The summed E-state index contributed by atoms with van der Waals surface area (Å²) in [5, 5.41) is 18.1. The highest BCUT2D eigenvalue weighted by Gasteiger charge is 2.14. The van der Waals surface area contributed by atoms with Crippen LogP contribution in [-0.2, 0) is 11.2 Å².